The minimum absolute atomic E-state index is 0.115. The summed E-state index contributed by atoms with van der Waals surface area (Å²) in [5, 5.41) is 1.35. The lowest BCUT2D eigenvalue weighted by Gasteiger charge is -2.35. The van der Waals surface area contributed by atoms with E-state index >= 15 is 0 Å². The molecule has 0 aliphatic carbocycles. The van der Waals surface area contributed by atoms with Crippen LogP contribution >= 0.6 is 0 Å². The van der Waals surface area contributed by atoms with Crippen molar-refractivity contribution in [3.63, 3.8) is 0 Å². The zero-order chi connectivity index (χ0) is 13.9. The molecule has 1 aliphatic heterocycles. The Balaban J connectivity index is 1.78. The van der Waals surface area contributed by atoms with Gasteiger partial charge in [0, 0.05) is 11.1 Å². The van der Waals surface area contributed by atoms with Gasteiger partial charge in [0.2, 0.25) is 6.29 Å². The van der Waals surface area contributed by atoms with E-state index in [-0.39, 0.29) is 12.0 Å². The van der Waals surface area contributed by atoms with Gasteiger partial charge in [0.15, 0.2) is 0 Å². The molecule has 1 fully saturated rings. The molecule has 3 rings (SSSR count). The van der Waals surface area contributed by atoms with Crippen LogP contribution in [0.3, 0.4) is 0 Å². The van der Waals surface area contributed by atoms with Gasteiger partial charge in [-0.25, -0.2) is 9.90 Å². The second-order valence-electron chi connectivity index (χ2n) is 4.67. The van der Waals surface area contributed by atoms with E-state index in [0.717, 1.165) is 5.56 Å². The molecule has 0 spiro atoms. The van der Waals surface area contributed by atoms with Crippen LogP contribution in [0, 0.1) is 0 Å². The lowest BCUT2D eigenvalue weighted by molar-refractivity contribution is -0.320. The number of furan rings is 1. The molecule has 1 aromatic heterocycles. The predicted octanol–water partition coefficient (Wildman–Crippen LogP) is 2.77. The molecule has 1 aromatic carbocycles. The van der Waals surface area contributed by atoms with E-state index in [4.69, 9.17) is 14.0 Å². The third-order valence-electron chi connectivity index (χ3n) is 3.06. The van der Waals surface area contributed by atoms with Gasteiger partial charge in [-0.2, -0.15) is 0 Å². The van der Waals surface area contributed by atoms with E-state index < -0.39 is 6.29 Å². The average Bonchev–Trinajstić information content (AvgIpc) is 3.01. The monoisotopic (exact) mass is 273 g/mol. The maximum Gasteiger partial charge on any atom is 0.277 e. The maximum atomic E-state index is 12.4. The number of rotatable bonds is 2. The molecule has 0 unspecified atom stereocenters. The van der Waals surface area contributed by atoms with Crippen LogP contribution in [0.5, 0.6) is 0 Å². The number of carbonyl (C=O) groups excluding carboxylic acids is 1. The molecule has 2 atom stereocenters. The number of carbonyl (C=O) groups is 1. The van der Waals surface area contributed by atoms with E-state index in [9.17, 15) is 4.79 Å². The highest BCUT2D eigenvalue weighted by atomic mass is 16.8. The topological polar surface area (TPSA) is 51.9 Å². The first-order chi connectivity index (χ1) is 9.74. The van der Waals surface area contributed by atoms with Gasteiger partial charge in [0.1, 0.15) is 0 Å². The van der Waals surface area contributed by atoms with Crippen molar-refractivity contribution in [1.29, 1.82) is 0 Å². The molecule has 104 valence electrons. The van der Waals surface area contributed by atoms with Crippen molar-refractivity contribution in [2.45, 2.75) is 19.3 Å². The average molecular weight is 273 g/mol. The summed E-state index contributed by atoms with van der Waals surface area (Å²) < 4.78 is 10.7. The quantitative estimate of drug-likeness (QED) is 0.844. The normalized spacial score (nSPS) is 22.8. The Morgan fingerprint density at radius 2 is 2.05 bits per heavy atom. The largest absolute Gasteiger partial charge is 0.472 e. The van der Waals surface area contributed by atoms with E-state index in [1.165, 1.54) is 5.06 Å². The molecule has 5 heteroatoms. The summed E-state index contributed by atoms with van der Waals surface area (Å²) in [6.07, 6.45) is 2.36. The van der Waals surface area contributed by atoms with Crippen molar-refractivity contribution in [3.05, 3.63) is 60.1 Å². The number of hydroxylamine groups is 2. The number of hydrogen-bond acceptors (Lipinski definition) is 4. The third kappa shape index (κ3) is 2.59. The van der Waals surface area contributed by atoms with Crippen LogP contribution in [0.4, 0.5) is 0 Å². The zero-order valence-electron chi connectivity index (χ0n) is 11.1. The fourth-order valence-electron chi connectivity index (χ4n) is 2.08. The highest BCUT2D eigenvalue weighted by Gasteiger charge is 2.31. The number of hydrogen-bond donors (Lipinski definition) is 0. The highest BCUT2D eigenvalue weighted by Crippen LogP contribution is 2.27. The molecule has 0 bridgehead atoms. The van der Waals surface area contributed by atoms with Crippen LogP contribution in [-0.4, -0.2) is 23.6 Å². The van der Waals surface area contributed by atoms with Crippen LogP contribution in [-0.2, 0) is 9.57 Å². The first kappa shape index (κ1) is 12.9. The second kappa shape index (κ2) is 5.48. The SMILES string of the molecule is C[C@@H]1CN(C(=O)c2ccccc2)O[C@@H](c2ccoc2)O1. The Bertz CT molecular complexity index is 567. The van der Waals surface area contributed by atoms with Gasteiger partial charge in [0.05, 0.1) is 25.2 Å². The second-order valence-corrected chi connectivity index (χ2v) is 4.67. The van der Waals surface area contributed by atoms with Crippen LogP contribution in [0.1, 0.15) is 29.1 Å². The zero-order valence-corrected chi connectivity index (χ0v) is 11.1. The summed E-state index contributed by atoms with van der Waals surface area (Å²) in [6, 6.07) is 10.8. The molecular formula is C15H15NO4. The molecule has 5 nitrogen and oxygen atoms in total. The molecule has 1 saturated heterocycles. The minimum Gasteiger partial charge on any atom is -0.472 e. The molecule has 1 aliphatic rings. The van der Waals surface area contributed by atoms with Crippen LogP contribution < -0.4 is 0 Å². The number of ether oxygens (including phenoxy) is 1. The molecule has 2 aromatic rings. The standard InChI is InChI=1S/C15H15NO4/c1-11-9-16(14(17)12-5-3-2-4-6-12)20-15(19-11)13-7-8-18-10-13/h2-8,10-11,15H,9H2,1H3/t11-,15+/m1/s1. The summed E-state index contributed by atoms with van der Waals surface area (Å²) in [5.41, 5.74) is 1.34. The van der Waals surface area contributed by atoms with E-state index in [2.05, 4.69) is 0 Å². The van der Waals surface area contributed by atoms with Crippen molar-refractivity contribution in [3.8, 4) is 0 Å². The van der Waals surface area contributed by atoms with Gasteiger partial charge in [-0.1, -0.05) is 18.2 Å². The number of benzene rings is 1. The first-order valence-electron chi connectivity index (χ1n) is 6.45. The van der Waals surface area contributed by atoms with Crippen molar-refractivity contribution in [2.75, 3.05) is 6.54 Å². The number of amides is 1. The summed E-state index contributed by atoms with van der Waals surface area (Å²) >= 11 is 0. The molecule has 0 radical (unpaired) electrons. The summed E-state index contributed by atoms with van der Waals surface area (Å²) in [5.74, 6) is -0.172. The highest BCUT2D eigenvalue weighted by molar-refractivity contribution is 5.93. The van der Waals surface area contributed by atoms with Crippen molar-refractivity contribution >= 4 is 5.91 Å². The number of nitrogens with zero attached hydrogens (tertiary/aromatic N) is 1. The lowest BCUT2D eigenvalue weighted by atomic mass is 10.2. The Morgan fingerprint density at radius 1 is 1.25 bits per heavy atom. The van der Waals surface area contributed by atoms with Crippen LogP contribution in [0.25, 0.3) is 0 Å². The van der Waals surface area contributed by atoms with Crippen LogP contribution in [0.2, 0.25) is 0 Å². The fourth-order valence-corrected chi connectivity index (χ4v) is 2.08. The summed E-state index contributed by atoms with van der Waals surface area (Å²) in [7, 11) is 0. The van der Waals surface area contributed by atoms with Gasteiger partial charge in [-0.15, -0.1) is 0 Å². The van der Waals surface area contributed by atoms with Gasteiger partial charge in [-0.3, -0.25) is 4.79 Å². The van der Waals surface area contributed by atoms with E-state index in [0.29, 0.717) is 12.1 Å². The Hall–Kier alpha value is -2.11. The van der Waals surface area contributed by atoms with Crippen molar-refractivity contribution in [2.24, 2.45) is 0 Å². The molecule has 0 N–H and O–H groups in total. The molecule has 20 heavy (non-hydrogen) atoms. The van der Waals surface area contributed by atoms with Crippen LogP contribution in [0.15, 0.2) is 53.3 Å². The van der Waals surface area contributed by atoms with Crippen molar-refractivity contribution in [1.82, 2.24) is 5.06 Å². The Morgan fingerprint density at radius 3 is 2.75 bits per heavy atom. The molecular weight excluding hydrogens is 258 g/mol. The van der Waals surface area contributed by atoms with Gasteiger partial charge >= 0.3 is 0 Å². The van der Waals surface area contributed by atoms with Gasteiger partial charge in [0.25, 0.3) is 5.91 Å². The Kier molecular flexibility index (Phi) is 3.54. The van der Waals surface area contributed by atoms with Gasteiger partial charge < -0.3 is 9.15 Å². The molecule has 1 amide bonds. The molecule has 2 heterocycles. The fraction of sp³-hybridized carbons (Fsp3) is 0.267. The van der Waals surface area contributed by atoms with E-state index in [1.807, 2.05) is 25.1 Å². The molecule has 0 saturated carbocycles. The summed E-state index contributed by atoms with van der Waals surface area (Å²) in [6.45, 7) is 2.29. The predicted molar refractivity (Wildman–Crippen MR) is 70.6 cm³/mol. The maximum absolute atomic E-state index is 12.4. The Labute approximate surface area is 116 Å². The van der Waals surface area contributed by atoms with E-state index in [1.54, 1.807) is 30.7 Å². The van der Waals surface area contributed by atoms with Gasteiger partial charge in [-0.05, 0) is 25.1 Å². The third-order valence-corrected chi connectivity index (χ3v) is 3.06. The minimum atomic E-state index is -0.620. The first-order valence-corrected chi connectivity index (χ1v) is 6.45. The summed E-state index contributed by atoms with van der Waals surface area (Å²) in [4.78, 5) is 18.0. The van der Waals surface area contributed by atoms with Crippen molar-refractivity contribution < 1.29 is 18.8 Å². The smallest absolute Gasteiger partial charge is 0.277 e. The lowest BCUT2D eigenvalue weighted by Crippen LogP contribution is -2.44.